The van der Waals surface area contributed by atoms with E-state index in [1.807, 2.05) is 121 Å². The number of hydrogen-bond acceptors (Lipinski definition) is 6. The number of ether oxygens (including phenoxy) is 3. The van der Waals surface area contributed by atoms with Crippen molar-refractivity contribution in [3.8, 4) is 0 Å². The molecule has 0 aromatic heterocycles. The van der Waals surface area contributed by atoms with E-state index in [0.29, 0.717) is 19.8 Å². The molecule has 0 fully saturated rings. The van der Waals surface area contributed by atoms with Gasteiger partial charge < -0.3 is 24.4 Å². The fraction of sp³-hybridized carbons (Fsp3) is 0.273. The minimum atomic E-state index is -0.983. The van der Waals surface area contributed by atoms with Crippen LogP contribution in [-0.4, -0.2) is 47.0 Å². The van der Waals surface area contributed by atoms with E-state index < -0.39 is 18.3 Å². The third-order valence-corrected chi connectivity index (χ3v) is 7.52. The van der Waals surface area contributed by atoms with Crippen LogP contribution in [0.5, 0.6) is 0 Å². The predicted octanol–water partition coefficient (Wildman–Crippen LogP) is 5.89. The van der Waals surface area contributed by atoms with E-state index in [1.165, 1.54) is 11.8 Å². The number of benzene rings is 4. The summed E-state index contributed by atoms with van der Waals surface area (Å²) in [5.74, 6) is 0. The molecule has 0 radical (unpaired) electrons. The van der Waals surface area contributed by atoms with Crippen molar-refractivity contribution in [1.82, 2.24) is 0 Å². The number of aliphatic hydroxyl groups is 2. The van der Waals surface area contributed by atoms with Crippen LogP contribution in [0.4, 0.5) is 0 Å². The van der Waals surface area contributed by atoms with Gasteiger partial charge in [-0.1, -0.05) is 109 Å². The van der Waals surface area contributed by atoms with E-state index in [1.54, 1.807) is 0 Å². The minimum Gasteiger partial charge on any atom is -0.395 e. The first-order chi connectivity index (χ1) is 19.2. The van der Waals surface area contributed by atoms with Crippen LogP contribution in [0.3, 0.4) is 0 Å². The fourth-order valence-electron chi connectivity index (χ4n) is 4.22. The maximum Gasteiger partial charge on any atom is 0.113 e. The van der Waals surface area contributed by atoms with E-state index in [2.05, 4.69) is 0 Å². The Kier molecular flexibility index (Phi) is 12.1. The van der Waals surface area contributed by atoms with Crippen LogP contribution in [0, 0.1) is 0 Å². The average Bonchev–Trinajstić information content (AvgIpc) is 3.00. The molecule has 204 valence electrons. The number of hydrogen-bond donors (Lipinski definition) is 2. The van der Waals surface area contributed by atoms with E-state index >= 15 is 0 Å². The lowest BCUT2D eigenvalue weighted by atomic mass is 10.0. The van der Waals surface area contributed by atoms with Crippen molar-refractivity contribution in [3.05, 3.63) is 138 Å². The van der Waals surface area contributed by atoms with Gasteiger partial charge in [0.05, 0.1) is 38.3 Å². The second-order valence-corrected chi connectivity index (χ2v) is 10.6. The van der Waals surface area contributed by atoms with Crippen molar-refractivity contribution in [2.75, 3.05) is 13.2 Å². The summed E-state index contributed by atoms with van der Waals surface area (Å²) in [7, 11) is 0. The van der Waals surface area contributed by atoms with E-state index in [-0.39, 0.29) is 18.5 Å². The Hall–Kier alpha value is -2.97. The molecule has 0 saturated heterocycles. The SMILES string of the molecule is OC[C@@H](Sc1ccccc1)[C@H](OCc1ccccc1)[C@H](OCc1ccccc1)[C@H](O)COCc1ccccc1. The van der Waals surface area contributed by atoms with Crippen LogP contribution in [0.1, 0.15) is 16.7 Å². The molecule has 0 aliphatic carbocycles. The van der Waals surface area contributed by atoms with Gasteiger partial charge in [-0.05, 0) is 28.8 Å². The second-order valence-electron chi connectivity index (χ2n) is 9.24. The molecular formula is C33H36O5S. The van der Waals surface area contributed by atoms with Crippen molar-refractivity contribution >= 4 is 11.8 Å². The van der Waals surface area contributed by atoms with Crippen LogP contribution in [0.25, 0.3) is 0 Å². The number of thioether (sulfide) groups is 1. The summed E-state index contributed by atoms with van der Waals surface area (Å²) in [4.78, 5) is 1.00. The molecule has 0 saturated carbocycles. The van der Waals surface area contributed by atoms with Gasteiger partial charge in [0.15, 0.2) is 0 Å². The van der Waals surface area contributed by atoms with Gasteiger partial charge in [0, 0.05) is 4.90 Å². The molecule has 2 N–H and O–H groups in total. The highest BCUT2D eigenvalue weighted by Crippen LogP contribution is 2.30. The van der Waals surface area contributed by atoms with Crippen molar-refractivity contribution < 1.29 is 24.4 Å². The maximum atomic E-state index is 11.4. The molecule has 39 heavy (non-hydrogen) atoms. The summed E-state index contributed by atoms with van der Waals surface area (Å²) in [6.07, 6.45) is -2.36. The highest BCUT2D eigenvalue weighted by Gasteiger charge is 2.37. The highest BCUT2D eigenvalue weighted by molar-refractivity contribution is 8.00. The number of rotatable bonds is 16. The van der Waals surface area contributed by atoms with E-state index in [4.69, 9.17) is 14.2 Å². The van der Waals surface area contributed by atoms with Gasteiger partial charge in [0.25, 0.3) is 0 Å². The van der Waals surface area contributed by atoms with Crippen LogP contribution in [-0.2, 0) is 34.0 Å². The molecule has 0 amide bonds. The second kappa shape index (κ2) is 16.2. The van der Waals surface area contributed by atoms with Crippen LogP contribution in [0.15, 0.2) is 126 Å². The first-order valence-corrected chi connectivity index (χ1v) is 14.0. The fourth-order valence-corrected chi connectivity index (χ4v) is 5.33. The van der Waals surface area contributed by atoms with Gasteiger partial charge >= 0.3 is 0 Å². The van der Waals surface area contributed by atoms with Crippen molar-refractivity contribution in [1.29, 1.82) is 0 Å². The lowest BCUT2D eigenvalue weighted by Crippen LogP contribution is -2.49. The topological polar surface area (TPSA) is 68.2 Å². The zero-order chi connectivity index (χ0) is 27.1. The zero-order valence-corrected chi connectivity index (χ0v) is 22.7. The van der Waals surface area contributed by atoms with Crippen LogP contribution < -0.4 is 0 Å². The lowest BCUT2D eigenvalue weighted by Gasteiger charge is -2.35. The van der Waals surface area contributed by atoms with Gasteiger partial charge in [0.2, 0.25) is 0 Å². The molecule has 0 spiro atoms. The third-order valence-electron chi connectivity index (χ3n) is 6.25. The normalized spacial score (nSPS) is 14.4. The standard InChI is InChI=1S/C33H36O5S/c34-21-31(39-29-19-11-4-12-20-29)33(38-24-28-17-9-3-10-18-28)32(37-23-27-15-7-2-8-16-27)30(35)25-36-22-26-13-5-1-6-14-26/h1-20,30-35H,21-25H2/t30-,31-,32-,33+/m1/s1. The Bertz CT molecular complexity index is 1180. The first kappa shape index (κ1) is 29.0. The van der Waals surface area contributed by atoms with Crippen molar-refractivity contribution in [3.63, 3.8) is 0 Å². The smallest absolute Gasteiger partial charge is 0.113 e. The first-order valence-electron chi connectivity index (χ1n) is 13.2. The van der Waals surface area contributed by atoms with Gasteiger partial charge in [0.1, 0.15) is 18.3 Å². The summed E-state index contributed by atoms with van der Waals surface area (Å²) < 4.78 is 18.8. The monoisotopic (exact) mass is 544 g/mol. The average molecular weight is 545 g/mol. The molecule has 4 rings (SSSR count). The quantitative estimate of drug-likeness (QED) is 0.172. The van der Waals surface area contributed by atoms with Gasteiger partial charge in [-0.15, -0.1) is 11.8 Å². The van der Waals surface area contributed by atoms with E-state index in [0.717, 1.165) is 21.6 Å². The Labute approximate surface area is 235 Å². The molecule has 6 heteroatoms. The highest BCUT2D eigenvalue weighted by atomic mass is 32.2. The van der Waals surface area contributed by atoms with Crippen LogP contribution >= 0.6 is 11.8 Å². The molecule has 4 aromatic rings. The lowest BCUT2D eigenvalue weighted by molar-refractivity contribution is -0.149. The molecular weight excluding hydrogens is 508 g/mol. The van der Waals surface area contributed by atoms with E-state index in [9.17, 15) is 10.2 Å². The molecule has 0 heterocycles. The van der Waals surface area contributed by atoms with Gasteiger partial charge in [-0.2, -0.15) is 0 Å². The Balaban J connectivity index is 1.55. The molecule has 5 nitrogen and oxygen atoms in total. The summed E-state index contributed by atoms with van der Waals surface area (Å²) in [6, 6.07) is 39.5. The van der Waals surface area contributed by atoms with Crippen LogP contribution in [0.2, 0.25) is 0 Å². The summed E-state index contributed by atoms with van der Waals surface area (Å²) in [5, 5.41) is 21.6. The molecule has 0 bridgehead atoms. The van der Waals surface area contributed by atoms with Gasteiger partial charge in [-0.3, -0.25) is 0 Å². The summed E-state index contributed by atoms with van der Waals surface area (Å²) >= 11 is 1.51. The molecule has 0 aliphatic rings. The largest absolute Gasteiger partial charge is 0.395 e. The molecule has 4 aromatic carbocycles. The summed E-state index contributed by atoms with van der Waals surface area (Å²) in [5.41, 5.74) is 3.01. The minimum absolute atomic E-state index is 0.0632. The zero-order valence-electron chi connectivity index (χ0n) is 21.9. The molecule has 0 unspecified atom stereocenters. The predicted molar refractivity (Wildman–Crippen MR) is 155 cm³/mol. The number of aliphatic hydroxyl groups excluding tert-OH is 2. The summed E-state index contributed by atoms with van der Waals surface area (Å²) in [6.45, 7) is 0.900. The Morgan fingerprint density at radius 1 is 0.564 bits per heavy atom. The van der Waals surface area contributed by atoms with Crippen molar-refractivity contribution in [2.24, 2.45) is 0 Å². The molecule has 4 atom stereocenters. The maximum absolute atomic E-state index is 11.4. The third kappa shape index (κ3) is 9.62. The molecule has 0 aliphatic heterocycles. The Morgan fingerprint density at radius 3 is 1.49 bits per heavy atom. The van der Waals surface area contributed by atoms with Crippen molar-refractivity contribution in [2.45, 2.75) is 48.3 Å². The Morgan fingerprint density at radius 2 is 1.00 bits per heavy atom. The van der Waals surface area contributed by atoms with Gasteiger partial charge in [-0.25, -0.2) is 0 Å².